The summed E-state index contributed by atoms with van der Waals surface area (Å²) < 4.78 is 5.31. The van der Waals surface area contributed by atoms with Gasteiger partial charge in [-0.1, -0.05) is 11.3 Å². The first-order valence-corrected chi connectivity index (χ1v) is 7.72. The molecule has 0 spiro atoms. The zero-order chi connectivity index (χ0) is 13.8. The molecule has 0 atom stereocenters. The predicted octanol–water partition coefficient (Wildman–Crippen LogP) is 2.29. The molecule has 2 aromatic heterocycles. The van der Waals surface area contributed by atoms with Crippen LogP contribution < -0.4 is 10.1 Å². The van der Waals surface area contributed by atoms with Gasteiger partial charge < -0.3 is 10.1 Å². The van der Waals surface area contributed by atoms with E-state index in [0.717, 1.165) is 46.8 Å². The summed E-state index contributed by atoms with van der Waals surface area (Å²) in [5.74, 6) is 0.741. The highest BCUT2D eigenvalue weighted by Crippen LogP contribution is 2.31. The van der Waals surface area contributed by atoms with Crippen LogP contribution in [0.25, 0.3) is 10.6 Å². The summed E-state index contributed by atoms with van der Waals surface area (Å²) >= 11 is 1.63. The number of pyridine rings is 1. The van der Waals surface area contributed by atoms with E-state index in [0.29, 0.717) is 0 Å². The number of ether oxygens (including phenoxy) is 1. The minimum Gasteiger partial charge on any atom is -0.494 e. The number of hydrogen-bond donors (Lipinski definition) is 1. The molecule has 5 nitrogen and oxygen atoms in total. The van der Waals surface area contributed by atoms with Crippen molar-refractivity contribution in [3.63, 3.8) is 0 Å². The molecular formula is C14H18N4OS. The molecule has 0 aliphatic heterocycles. The molecule has 6 heteroatoms. The van der Waals surface area contributed by atoms with Crippen LogP contribution in [0.2, 0.25) is 0 Å². The zero-order valence-electron chi connectivity index (χ0n) is 11.5. The van der Waals surface area contributed by atoms with Gasteiger partial charge in [-0.05, 0) is 31.9 Å². The van der Waals surface area contributed by atoms with Gasteiger partial charge in [0.05, 0.1) is 18.9 Å². The highest BCUT2D eigenvalue weighted by molar-refractivity contribution is 7.14. The summed E-state index contributed by atoms with van der Waals surface area (Å²) in [6.45, 7) is 1.07. The summed E-state index contributed by atoms with van der Waals surface area (Å²) in [6.07, 6.45) is 8.22. The Morgan fingerprint density at radius 1 is 1.40 bits per heavy atom. The molecule has 1 fully saturated rings. The van der Waals surface area contributed by atoms with Gasteiger partial charge in [0.2, 0.25) is 0 Å². The lowest BCUT2D eigenvalue weighted by molar-refractivity contribution is 0.414. The molecule has 0 radical (unpaired) electrons. The van der Waals surface area contributed by atoms with Gasteiger partial charge in [0.25, 0.3) is 0 Å². The Kier molecular flexibility index (Phi) is 4.22. The topological polar surface area (TPSA) is 59.9 Å². The molecule has 1 saturated carbocycles. The van der Waals surface area contributed by atoms with Crippen LogP contribution in [0.3, 0.4) is 0 Å². The molecule has 1 aliphatic carbocycles. The molecule has 1 aliphatic rings. The van der Waals surface area contributed by atoms with Crippen molar-refractivity contribution in [2.24, 2.45) is 0 Å². The Hall–Kier alpha value is -1.53. The lowest BCUT2D eigenvalue weighted by Gasteiger charge is -2.03. The summed E-state index contributed by atoms with van der Waals surface area (Å²) in [5.41, 5.74) is 0.961. The summed E-state index contributed by atoms with van der Waals surface area (Å²) in [7, 11) is 1.64. The molecule has 0 bridgehead atoms. The van der Waals surface area contributed by atoms with Crippen molar-refractivity contribution in [1.82, 2.24) is 20.5 Å². The number of aryl methyl sites for hydroxylation is 1. The lowest BCUT2D eigenvalue weighted by atomic mass is 10.2. The van der Waals surface area contributed by atoms with Crippen molar-refractivity contribution >= 4 is 11.3 Å². The van der Waals surface area contributed by atoms with Crippen LogP contribution in [0.15, 0.2) is 18.5 Å². The third-order valence-electron chi connectivity index (χ3n) is 3.28. The minimum absolute atomic E-state index is 0.741. The first-order chi connectivity index (χ1) is 9.86. The van der Waals surface area contributed by atoms with Gasteiger partial charge in [0.15, 0.2) is 5.01 Å². The van der Waals surface area contributed by atoms with E-state index in [1.165, 1.54) is 12.8 Å². The van der Waals surface area contributed by atoms with Crippen molar-refractivity contribution < 1.29 is 4.74 Å². The second kappa shape index (κ2) is 6.28. The van der Waals surface area contributed by atoms with Gasteiger partial charge in [-0.3, -0.25) is 4.98 Å². The van der Waals surface area contributed by atoms with Crippen molar-refractivity contribution in [2.75, 3.05) is 13.7 Å². The van der Waals surface area contributed by atoms with Crippen molar-refractivity contribution in [3.8, 4) is 16.3 Å². The van der Waals surface area contributed by atoms with E-state index in [1.54, 1.807) is 30.8 Å². The van der Waals surface area contributed by atoms with Crippen molar-refractivity contribution in [3.05, 3.63) is 23.5 Å². The number of aromatic nitrogens is 3. The minimum atomic E-state index is 0.741. The van der Waals surface area contributed by atoms with E-state index in [4.69, 9.17) is 4.74 Å². The number of rotatable bonds is 7. The highest BCUT2D eigenvalue weighted by atomic mass is 32.1. The van der Waals surface area contributed by atoms with Crippen LogP contribution in [0, 0.1) is 0 Å². The average molecular weight is 290 g/mol. The third-order valence-corrected chi connectivity index (χ3v) is 4.30. The Labute approximate surface area is 122 Å². The maximum atomic E-state index is 5.31. The fourth-order valence-corrected chi connectivity index (χ4v) is 2.93. The molecule has 106 valence electrons. The van der Waals surface area contributed by atoms with Gasteiger partial charge >= 0.3 is 0 Å². The van der Waals surface area contributed by atoms with Crippen LogP contribution >= 0.6 is 11.3 Å². The quantitative estimate of drug-likeness (QED) is 0.793. The lowest BCUT2D eigenvalue weighted by Crippen LogP contribution is -2.17. The molecule has 0 unspecified atom stereocenters. The second-order valence-electron chi connectivity index (χ2n) is 4.91. The molecular weight excluding hydrogens is 272 g/mol. The van der Waals surface area contributed by atoms with E-state index in [1.807, 2.05) is 6.07 Å². The molecule has 1 N–H and O–H groups in total. The smallest absolute Gasteiger partial charge is 0.151 e. The summed E-state index contributed by atoms with van der Waals surface area (Å²) in [4.78, 5) is 4.05. The van der Waals surface area contributed by atoms with E-state index in [2.05, 4.69) is 20.5 Å². The summed E-state index contributed by atoms with van der Waals surface area (Å²) in [5, 5.41) is 14.0. The van der Waals surface area contributed by atoms with Gasteiger partial charge in [-0.15, -0.1) is 10.2 Å². The van der Waals surface area contributed by atoms with E-state index < -0.39 is 0 Å². The Balaban J connectivity index is 1.60. The van der Waals surface area contributed by atoms with Crippen LogP contribution in [0.4, 0.5) is 0 Å². The standard InChI is InChI=1S/C14H18N4OS/c1-19-12-9-15-8-6-11(12)14-18-17-13(20-14)3-2-7-16-10-4-5-10/h6,8-10,16H,2-5,7H2,1H3. The van der Waals surface area contributed by atoms with E-state index in [9.17, 15) is 0 Å². The average Bonchev–Trinajstić information content (AvgIpc) is 3.20. The molecule has 3 rings (SSSR count). The molecule has 2 heterocycles. The third kappa shape index (κ3) is 3.32. The number of nitrogens with one attached hydrogen (secondary N) is 1. The maximum absolute atomic E-state index is 5.31. The fourth-order valence-electron chi connectivity index (χ4n) is 2.02. The van der Waals surface area contributed by atoms with Crippen LogP contribution in [-0.4, -0.2) is 34.9 Å². The molecule has 2 aromatic rings. The second-order valence-corrected chi connectivity index (χ2v) is 5.97. The largest absolute Gasteiger partial charge is 0.494 e. The van der Waals surface area contributed by atoms with Crippen molar-refractivity contribution in [2.45, 2.75) is 31.7 Å². The normalized spacial score (nSPS) is 14.4. The predicted molar refractivity (Wildman–Crippen MR) is 79.0 cm³/mol. The Morgan fingerprint density at radius 3 is 3.10 bits per heavy atom. The highest BCUT2D eigenvalue weighted by Gasteiger charge is 2.19. The molecule has 0 amide bonds. The Morgan fingerprint density at radius 2 is 2.30 bits per heavy atom. The number of nitrogens with zero attached hydrogens (tertiary/aromatic N) is 3. The van der Waals surface area contributed by atoms with Gasteiger partial charge in [-0.25, -0.2) is 0 Å². The van der Waals surface area contributed by atoms with Crippen molar-refractivity contribution in [1.29, 1.82) is 0 Å². The fraction of sp³-hybridized carbons (Fsp3) is 0.500. The van der Waals surface area contributed by atoms with E-state index in [-0.39, 0.29) is 0 Å². The molecule has 20 heavy (non-hydrogen) atoms. The first kappa shape index (κ1) is 13.5. The van der Waals surface area contributed by atoms with E-state index >= 15 is 0 Å². The SMILES string of the molecule is COc1cnccc1-c1nnc(CCCNC2CC2)s1. The van der Waals surface area contributed by atoms with Gasteiger partial charge in [-0.2, -0.15) is 0 Å². The number of hydrogen-bond acceptors (Lipinski definition) is 6. The summed E-state index contributed by atoms with van der Waals surface area (Å²) in [6, 6.07) is 2.69. The van der Waals surface area contributed by atoms with Crippen LogP contribution in [0.5, 0.6) is 5.75 Å². The van der Waals surface area contributed by atoms with Crippen LogP contribution in [0.1, 0.15) is 24.3 Å². The van der Waals surface area contributed by atoms with Crippen LogP contribution in [-0.2, 0) is 6.42 Å². The maximum Gasteiger partial charge on any atom is 0.151 e. The Bertz CT molecular complexity index is 568. The monoisotopic (exact) mass is 290 g/mol. The van der Waals surface area contributed by atoms with Gasteiger partial charge in [0, 0.05) is 18.7 Å². The van der Waals surface area contributed by atoms with Gasteiger partial charge in [0.1, 0.15) is 10.8 Å². The zero-order valence-corrected chi connectivity index (χ0v) is 12.3. The molecule has 0 saturated heterocycles. The first-order valence-electron chi connectivity index (χ1n) is 6.91. The number of methoxy groups -OCH3 is 1. The molecule has 0 aromatic carbocycles.